The summed E-state index contributed by atoms with van der Waals surface area (Å²) in [5.41, 5.74) is 2.53. The summed E-state index contributed by atoms with van der Waals surface area (Å²) in [7, 11) is 0. The number of benzene rings is 1. The average molecular weight is 301 g/mol. The molecule has 5 nitrogen and oxygen atoms in total. The van der Waals surface area contributed by atoms with Gasteiger partial charge in [0, 0.05) is 13.0 Å². The summed E-state index contributed by atoms with van der Waals surface area (Å²) < 4.78 is 5.36. The average Bonchev–Trinajstić information content (AvgIpc) is 2.93. The number of nitrogens with zero attached hydrogens (tertiary/aromatic N) is 3. The van der Waals surface area contributed by atoms with Crippen LogP contribution in [0.1, 0.15) is 42.7 Å². The van der Waals surface area contributed by atoms with Gasteiger partial charge < -0.3 is 9.63 Å². The van der Waals surface area contributed by atoms with E-state index in [0.717, 1.165) is 25.2 Å². The van der Waals surface area contributed by atoms with Crippen LogP contribution in [-0.2, 0) is 19.4 Å². The molecule has 1 aromatic carbocycles. The van der Waals surface area contributed by atoms with Gasteiger partial charge >= 0.3 is 0 Å². The van der Waals surface area contributed by atoms with Crippen molar-refractivity contribution in [3.63, 3.8) is 0 Å². The summed E-state index contributed by atoms with van der Waals surface area (Å²) in [5, 5.41) is 13.8. The lowest BCUT2D eigenvalue weighted by molar-refractivity contribution is 0.0971. The molecule has 2 heterocycles. The Bertz CT molecular complexity index is 624. The van der Waals surface area contributed by atoms with Crippen LogP contribution in [0, 0.1) is 5.92 Å². The zero-order chi connectivity index (χ0) is 15.5. The molecule has 1 aliphatic heterocycles. The van der Waals surface area contributed by atoms with Gasteiger partial charge in [-0.05, 0) is 23.5 Å². The number of rotatable bonds is 5. The lowest BCUT2D eigenvalue weighted by atomic mass is 9.93. The Hall–Kier alpha value is -1.72. The van der Waals surface area contributed by atoms with Crippen LogP contribution in [0.25, 0.3) is 0 Å². The van der Waals surface area contributed by atoms with Crippen LogP contribution in [0.2, 0.25) is 0 Å². The van der Waals surface area contributed by atoms with E-state index in [2.05, 4.69) is 47.1 Å². The number of hydrogen-bond donors (Lipinski definition) is 1. The Morgan fingerprint density at radius 1 is 1.36 bits per heavy atom. The Labute approximate surface area is 131 Å². The van der Waals surface area contributed by atoms with Gasteiger partial charge in [-0.2, -0.15) is 4.98 Å². The normalized spacial score (nSPS) is 18.6. The van der Waals surface area contributed by atoms with Crippen molar-refractivity contribution >= 4 is 0 Å². The number of fused-ring (bicyclic) bond motifs is 1. The third-order valence-electron chi connectivity index (χ3n) is 4.14. The highest BCUT2D eigenvalue weighted by Gasteiger charge is 2.27. The zero-order valence-corrected chi connectivity index (χ0v) is 13.2. The molecule has 0 fully saturated rings. The van der Waals surface area contributed by atoms with Gasteiger partial charge in [-0.25, -0.2) is 0 Å². The van der Waals surface area contributed by atoms with Gasteiger partial charge in [-0.1, -0.05) is 43.3 Å². The molecule has 118 valence electrons. The minimum Gasteiger partial charge on any atom is -0.394 e. The van der Waals surface area contributed by atoms with Gasteiger partial charge in [0.05, 0.1) is 19.2 Å². The largest absolute Gasteiger partial charge is 0.394 e. The first-order chi connectivity index (χ1) is 10.7. The minimum atomic E-state index is 0.00500. The second-order valence-corrected chi connectivity index (χ2v) is 6.32. The Morgan fingerprint density at radius 2 is 2.18 bits per heavy atom. The van der Waals surface area contributed by atoms with E-state index in [1.165, 1.54) is 11.1 Å². The lowest BCUT2D eigenvalue weighted by Gasteiger charge is -2.35. The predicted molar refractivity (Wildman–Crippen MR) is 83.2 cm³/mol. The number of aromatic nitrogens is 2. The molecule has 0 saturated carbocycles. The predicted octanol–water partition coefficient (Wildman–Crippen LogP) is 2.36. The van der Waals surface area contributed by atoms with E-state index in [1.807, 2.05) is 6.07 Å². The van der Waals surface area contributed by atoms with E-state index in [1.54, 1.807) is 0 Å². The first-order valence-electron chi connectivity index (χ1n) is 7.91. The molecule has 1 atom stereocenters. The third kappa shape index (κ3) is 3.20. The smallest absolute Gasteiger partial charge is 0.240 e. The highest BCUT2D eigenvalue weighted by molar-refractivity contribution is 5.32. The first kappa shape index (κ1) is 15.2. The van der Waals surface area contributed by atoms with Crippen LogP contribution >= 0.6 is 0 Å². The minimum absolute atomic E-state index is 0.00500. The van der Waals surface area contributed by atoms with E-state index in [9.17, 15) is 5.11 Å². The van der Waals surface area contributed by atoms with Crippen LogP contribution in [0.3, 0.4) is 0 Å². The highest BCUT2D eigenvalue weighted by atomic mass is 16.5. The van der Waals surface area contributed by atoms with Crippen LogP contribution in [0.15, 0.2) is 28.8 Å². The molecule has 0 saturated heterocycles. The van der Waals surface area contributed by atoms with E-state index < -0.39 is 0 Å². The van der Waals surface area contributed by atoms with Crippen LogP contribution in [0.4, 0.5) is 0 Å². The van der Waals surface area contributed by atoms with Crippen molar-refractivity contribution in [3.8, 4) is 0 Å². The molecule has 0 amide bonds. The van der Waals surface area contributed by atoms with Crippen molar-refractivity contribution in [2.45, 2.75) is 39.3 Å². The third-order valence-corrected chi connectivity index (χ3v) is 4.14. The van der Waals surface area contributed by atoms with Crippen LogP contribution in [-0.4, -0.2) is 33.3 Å². The Balaban J connectivity index is 1.74. The molecule has 1 aromatic heterocycles. The van der Waals surface area contributed by atoms with Gasteiger partial charge in [0.1, 0.15) is 0 Å². The maximum Gasteiger partial charge on any atom is 0.240 e. The fraction of sp³-hybridized carbons (Fsp3) is 0.529. The fourth-order valence-electron chi connectivity index (χ4n) is 3.08. The van der Waals surface area contributed by atoms with Crippen LogP contribution in [0.5, 0.6) is 0 Å². The van der Waals surface area contributed by atoms with E-state index in [0.29, 0.717) is 18.4 Å². The quantitative estimate of drug-likeness (QED) is 0.918. The van der Waals surface area contributed by atoms with E-state index in [-0.39, 0.29) is 12.6 Å². The second-order valence-electron chi connectivity index (χ2n) is 6.32. The summed E-state index contributed by atoms with van der Waals surface area (Å²) in [6.07, 6.45) is 1.81. The lowest BCUT2D eigenvalue weighted by Crippen LogP contribution is -2.36. The van der Waals surface area contributed by atoms with Crippen molar-refractivity contribution in [2.24, 2.45) is 5.92 Å². The molecule has 1 aliphatic rings. The van der Waals surface area contributed by atoms with Crippen molar-refractivity contribution in [2.75, 3.05) is 13.2 Å². The van der Waals surface area contributed by atoms with Gasteiger partial charge in [-0.3, -0.25) is 4.90 Å². The summed E-state index contributed by atoms with van der Waals surface area (Å²) in [4.78, 5) is 6.69. The molecular weight excluding hydrogens is 278 g/mol. The molecule has 22 heavy (non-hydrogen) atoms. The number of aliphatic hydroxyl groups is 1. The summed E-state index contributed by atoms with van der Waals surface area (Å²) >= 11 is 0. The summed E-state index contributed by atoms with van der Waals surface area (Å²) in [6, 6.07) is 8.33. The van der Waals surface area contributed by atoms with Crippen LogP contribution < -0.4 is 0 Å². The molecule has 2 aromatic rings. The standard InChI is InChI=1S/C17H23N3O2/c1-12(2)9-16-18-17(22-19-16)10-20-8-7-13-5-3-4-6-14(13)15(20)11-21/h3-6,12,15,21H,7-11H2,1-2H3. The van der Waals surface area contributed by atoms with Crippen molar-refractivity contribution in [1.29, 1.82) is 0 Å². The molecule has 0 aliphatic carbocycles. The molecule has 0 spiro atoms. The van der Waals surface area contributed by atoms with Crippen molar-refractivity contribution in [3.05, 3.63) is 47.1 Å². The Kier molecular flexibility index (Phi) is 4.55. The maximum absolute atomic E-state index is 9.80. The molecule has 0 radical (unpaired) electrons. The molecular formula is C17H23N3O2. The summed E-state index contributed by atoms with van der Waals surface area (Å²) in [5.74, 6) is 1.91. The number of hydrogen-bond acceptors (Lipinski definition) is 5. The molecule has 3 rings (SSSR count). The monoisotopic (exact) mass is 301 g/mol. The molecule has 5 heteroatoms. The van der Waals surface area contributed by atoms with Crippen molar-refractivity contribution in [1.82, 2.24) is 15.0 Å². The summed E-state index contributed by atoms with van der Waals surface area (Å²) in [6.45, 7) is 5.86. The molecule has 1 unspecified atom stereocenters. The second kappa shape index (κ2) is 6.58. The van der Waals surface area contributed by atoms with Crippen molar-refractivity contribution < 1.29 is 9.63 Å². The highest BCUT2D eigenvalue weighted by Crippen LogP contribution is 2.30. The van der Waals surface area contributed by atoms with Gasteiger partial charge in [-0.15, -0.1) is 0 Å². The Morgan fingerprint density at radius 3 is 2.95 bits per heavy atom. The fourth-order valence-corrected chi connectivity index (χ4v) is 3.08. The van der Waals surface area contributed by atoms with Gasteiger partial charge in [0.15, 0.2) is 5.82 Å². The number of aliphatic hydroxyl groups excluding tert-OH is 1. The van der Waals surface area contributed by atoms with E-state index >= 15 is 0 Å². The molecule has 1 N–H and O–H groups in total. The topological polar surface area (TPSA) is 62.4 Å². The van der Waals surface area contributed by atoms with Gasteiger partial charge in [0.25, 0.3) is 0 Å². The maximum atomic E-state index is 9.80. The first-order valence-corrected chi connectivity index (χ1v) is 7.91. The van der Waals surface area contributed by atoms with E-state index in [4.69, 9.17) is 4.52 Å². The molecule has 0 bridgehead atoms. The zero-order valence-electron chi connectivity index (χ0n) is 13.2. The SMILES string of the molecule is CC(C)Cc1noc(CN2CCc3ccccc3C2CO)n1. The van der Waals surface area contributed by atoms with Gasteiger partial charge in [0.2, 0.25) is 5.89 Å².